The average molecular weight is 421 g/mol. The predicted molar refractivity (Wildman–Crippen MR) is 122 cm³/mol. The molecule has 0 aliphatic heterocycles. The van der Waals surface area contributed by atoms with Crippen LogP contribution in [0, 0.1) is 0 Å². The fourth-order valence-electron chi connectivity index (χ4n) is 3.77. The van der Waals surface area contributed by atoms with E-state index >= 15 is 0 Å². The lowest BCUT2D eigenvalue weighted by Gasteiger charge is -2.21. The first-order valence-corrected chi connectivity index (χ1v) is 10.6. The van der Waals surface area contributed by atoms with Crippen molar-refractivity contribution in [2.45, 2.75) is 33.4 Å². The number of hydrogen-bond donors (Lipinski definition) is 2. The summed E-state index contributed by atoms with van der Waals surface area (Å²) in [5.74, 6) is -0.440. The Kier molecular flexibility index (Phi) is 7.36. The number of pyridine rings is 1. The number of methoxy groups -OCH3 is 1. The highest BCUT2D eigenvalue weighted by molar-refractivity contribution is 6.07. The van der Waals surface area contributed by atoms with Crippen molar-refractivity contribution in [1.29, 1.82) is 0 Å². The van der Waals surface area contributed by atoms with Gasteiger partial charge >= 0.3 is 5.97 Å². The van der Waals surface area contributed by atoms with Crippen molar-refractivity contribution in [3.05, 3.63) is 65.9 Å². The minimum absolute atomic E-state index is 0.0180. The number of benzene rings is 2. The largest absolute Gasteiger partial charge is 0.465 e. The van der Waals surface area contributed by atoms with Gasteiger partial charge in [-0.05, 0) is 32.4 Å². The van der Waals surface area contributed by atoms with Crippen molar-refractivity contribution in [2.75, 3.05) is 20.2 Å². The number of para-hydroxylation sites is 1. The first-order chi connectivity index (χ1) is 14.9. The summed E-state index contributed by atoms with van der Waals surface area (Å²) in [6, 6.07) is 17.7. The van der Waals surface area contributed by atoms with Gasteiger partial charge < -0.3 is 15.0 Å². The first-order valence-electron chi connectivity index (χ1n) is 10.6. The van der Waals surface area contributed by atoms with Gasteiger partial charge in [0, 0.05) is 17.0 Å². The van der Waals surface area contributed by atoms with Gasteiger partial charge in [-0.3, -0.25) is 4.79 Å². The predicted octanol–water partition coefficient (Wildman–Crippen LogP) is 2.62. The fourth-order valence-corrected chi connectivity index (χ4v) is 3.77. The molecule has 3 aromatic rings. The summed E-state index contributed by atoms with van der Waals surface area (Å²) in [5.41, 5.74) is 3.65. The molecule has 0 spiro atoms. The quantitative estimate of drug-likeness (QED) is 0.550. The van der Waals surface area contributed by atoms with Crippen LogP contribution in [0.5, 0.6) is 0 Å². The molecule has 0 bridgehead atoms. The number of fused-ring (bicyclic) bond motifs is 1. The molecule has 2 N–H and O–H groups in total. The van der Waals surface area contributed by atoms with E-state index in [4.69, 9.17) is 9.72 Å². The van der Waals surface area contributed by atoms with Gasteiger partial charge in [0.15, 0.2) is 6.54 Å². The van der Waals surface area contributed by atoms with Crippen LogP contribution in [-0.4, -0.2) is 43.1 Å². The number of aromatic nitrogens is 1. The molecule has 0 radical (unpaired) electrons. The van der Waals surface area contributed by atoms with Crippen LogP contribution in [0.3, 0.4) is 0 Å². The average Bonchev–Trinajstić information content (AvgIpc) is 2.77. The smallest absolute Gasteiger partial charge is 0.340 e. The number of ether oxygens (including phenoxy) is 1. The zero-order valence-corrected chi connectivity index (χ0v) is 18.6. The highest BCUT2D eigenvalue weighted by Gasteiger charge is 2.26. The molecule has 0 saturated heterocycles. The summed E-state index contributed by atoms with van der Waals surface area (Å²) in [7, 11) is 1.39. The Morgan fingerprint density at radius 3 is 2.39 bits per heavy atom. The van der Waals surface area contributed by atoms with Crippen LogP contribution in [0.2, 0.25) is 0 Å². The second kappa shape index (κ2) is 10.2. The molecular formula is C25H30N3O3+. The SMILES string of the molecule is CC[NH+](CC(=O)NC(C)C)Cc1nc2ccccc2c(-c2ccccc2)c1C(=O)OC. The number of quaternary nitrogens is 1. The van der Waals surface area contributed by atoms with E-state index in [0.717, 1.165) is 33.5 Å². The number of hydrogen-bond acceptors (Lipinski definition) is 4. The van der Waals surface area contributed by atoms with Crippen molar-refractivity contribution >= 4 is 22.8 Å². The Hall–Kier alpha value is -3.25. The number of esters is 1. The van der Waals surface area contributed by atoms with Gasteiger partial charge in [0.05, 0.1) is 24.7 Å². The summed E-state index contributed by atoms with van der Waals surface area (Å²) in [6.45, 7) is 7.38. The monoisotopic (exact) mass is 420 g/mol. The van der Waals surface area contributed by atoms with Crippen LogP contribution in [-0.2, 0) is 16.1 Å². The van der Waals surface area contributed by atoms with E-state index in [2.05, 4.69) is 5.32 Å². The van der Waals surface area contributed by atoms with Crippen molar-refractivity contribution in [1.82, 2.24) is 10.3 Å². The van der Waals surface area contributed by atoms with Crippen LogP contribution in [0.25, 0.3) is 22.0 Å². The lowest BCUT2D eigenvalue weighted by Crippen LogP contribution is -3.11. The van der Waals surface area contributed by atoms with Crippen LogP contribution in [0.4, 0.5) is 0 Å². The van der Waals surface area contributed by atoms with Gasteiger partial charge in [-0.2, -0.15) is 0 Å². The summed E-state index contributed by atoms with van der Waals surface area (Å²) < 4.78 is 5.17. The summed E-state index contributed by atoms with van der Waals surface area (Å²) >= 11 is 0. The summed E-state index contributed by atoms with van der Waals surface area (Å²) in [5, 5.41) is 3.83. The first kappa shape index (κ1) is 22.4. The van der Waals surface area contributed by atoms with Crippen LogP contribution < -0.4 is 10.2 Å². The highest BCUT2D eigenvalue weighted by Crippen LogP contribution is 2.33. The zero-order valence-electron chi connectivity index (χ0n) is 18.6. The molecule has 3 rings (SSSR count). The topological polar surface area (TPSA) is 72.7 Å². The molecule has 0 aliphatic carbocycles. The number of likely N-dealkylation sites (N-methyl/N-ethyl adjacent to an activating group) is 1. The van der Waals surface area contributed by atoms with E-state index in [1.54, 1.807) is 0 Å². The Morgan fingerprint density at radius 2 is 1.74 bits per heavy atom. The Bertz CT molecular complexity index is 1060. The molecule has 0 fully saturated rings. The number of nitrogens with one attached hydrogen (secondary N) is 2. The molecule has 0 aliphatic rings. The van der Waals surface area contributed by atoms with Gasteiger partial charge in [-0.1, -0.05) is 48.5 Å². The Balaban J connectivity index is 2.14. The van der Waals surface area contributed by atoms with Gasteiger partial charge in [-0.25, -0.2) is 9.78 Å². The van der Waals surface area contributed by atoms with Gasteiger partial charge in [0.1, 0.15) is 12.2 Å². The third-order valence-electron chi connectivity index (χ3n) is 5.20. The molecule has 1 atom stereocenters. The zero-order chi connectivity index (χ0) is 22.4. The lowest BCUT2D eigenvalue weighted by atomic mass is 9.94. The maximum Gasteiger partial charge on any atom is 0.340 e. The number of nitrogens with zero attached hydrogens (tertiary/aromatic N) is 1. The van der Waals surface area contributed by atoms with E-state index < -0.39 is 5.97 Å². The second-order valence-corrected chi connectivity index (χ2v) is 7.86. The summed E-state index contributed by atoms with van der Waals surface area (Å²) in [6.07, 6.45) is 0. The molecule has 1 aromatic heterocycles. The standard InChI is InChI=1S/C25H29N3O3/c1-5-28(16-22(29)26-17(2)3)15-21-24(25(30)31-4)23(18-11-7-6-8-12-18)19-13-9-10-14-20(19)27-21/h6-14,17H,5,15-16H2,1-4H3,(H,26,29)/p+1. The van der Waals surface area contributed by atoms with E-state index in [1.165, 1.54) is 7.11 Å². The van der Waals surface area contributed by atoms with E-state index in [0.29, 0.717) is 24.3 Å². The van der Waals surface area contributed by atoms with Gasteiger partial charge in [0.2, 0.25) is 0 Å². The molecule has 162 valence electrons. The van der Waals surface area contributed by atoms with Crippen molar-refractivity contribution in [3.63, 3.8) is 0 Å². The van der Waals surface area contributed by atoms with Crippen molar-refractivity contribution in [2.24, 2.45) is 0 Å². The lowest BCUT2D eigenvalue weighted by molar-refractivity contribution is -0.904. The maximum atomic E-state index is 13.0. The molecule has 31 heavy (non-hydrogen) atoms. The molecule has 2 aromatic carbocycles. The molecule has 1 unspecified atom stereocenters. The highest BCUT2D eigenvalue weighted by atomic mass is 16.5. The summed E-state index contributed by atoms with van der Waals surface area (Å²) in [4.78, 5) is 31.2. The van der Waals surface area contributed by atoms with Crippen LogP contribution in [0.15, 0.2) is 54.6 Å². The normalized spacial score (nSPS) is 12.0. The van der Waals surface area contributed by atoms with Gasteiger partial charge in [0.25, 0.3) is 5.91 Å². The number of carbonyl (C=O) groups is 2. The second-order valence-electron chi connectivity index (χ2n) is 7.86. The number of rotatable bonds is 8. The molecule has 0 saturated carbocycles. The van der Waals surface area contributed by atoms with Crippen LogP contribution >= 0.6 is 0 Å². The molecule has 1 heterocycles. The van der Waals surface area contributed by atoms with Crippen molar-refractivity contribution < 1.29 is 19.2 Å². The third kappa shape index (κ3) is 5.27. The van der Waals surface area contributed by atoms with E-state index in [-0.39, 0.29) is 11.9 Å². The molecular weight excluding hydrogens is 390 g/mol. The molecule has 6 heteroatoms. The maximum absolute atomic E-state index is 13.0. The number of carbonyl (C=O) groups excluding carboxylic acids is 2. The Labute approximate surface area is 183 Å². The van der Waals surface area contributed by atoms with Gasteiger partial charge in [-0.15, -0.1) is 0 Å². The minimum Gasteiger partial charge on any atom is -0.465 e. The number of amides is 1. The van der Waals surface area contributed by atoms with Crippen LogP contribution in [0.1, 0.15) is 36.8 Å². The Morgan fingerprint density at radius 1 is 1.06 bits per heavy atom. The van der Waals surface area contributed by atoms with Crippen molar-refractivity contribution in [3.8, 4) is 11.1 Å². The molecule has 6 nitrogen and oxygen atoms in total. The van der Waals surface area contributed by atoms with E-state index in [9.17, 15) is 9.59 Å². The third-order valence-corrected chi connectivity index (χ3v) is 5.20. The fraction of sp³-hybridized carbons (Fsp3) is 0.320. The molecule has 1 amide bonds. The minimum atomic E-state index is -0.422. The van der Waals surface area contributed by atoms with E-state index in [1.807, 2.05) is 75.4 Å².